The van der Waals surface area contributed by atoms with Crippen molar-refractivity contribution in [3.8, 4) is 5.75 Å². The number of hydrogen-bond acceptors (Lipinski definition) is 6. The van der Waals surface area contributed by atoms with E-state index in [4.69, 9.17) is 17.1 Å². The van der Waals surface area contributed by atoms with Crippen LogP contribution in [0.5, 0.6) is 5.75 Å². The maximum atomic E-state index is 9.65. The third kappa shape index (κ3) is 4.80. The van der Waals surface area contributed by atoms with E-state index in [9.17, 15) is 5.11 Å². The number of hydrogen-bond donors (Lipinski definition) is 3. The topological polar surface area (TPSA) is 84.6 Å². The van der Waals surface area contributed by atoms with Gasteiger partial charge in [-0.3, -0.25) is 4.90 Å². The zero-order valence-electron chi connectivity index (χ0n) is 14.4. The van der Waals surface area contributed by atoms with Gasteiger partial charge in [0.25, 0.3) is 0 Å². The molecule has 2 heterocycles. The molecule has 0 unspecified atom stereocenters. The summed E-state index contributed by atoms with van der Waals surface area (Å²) in [6.07, 6.45) is 5.39. The lowest BCUT2D eigenvalue weighted by molar-refractivity contribution is 0.227. The molecule has 0 radical (unpaired) electrons. The van der Waals surface area contributed by atoms with Crippen LogP contribution in [-0.4, -0.2) is 34.6 Å². The van der Waals surface area contributed by atoms with Crippen molar-refractivity contribution in [1.82, 2.24) is 9.88 Å². The maximum Gasteiger partial charge on any atom is 0.148 e. The first kappa shape index (κ1) is 18.4. The largest absolute Gasteiger partial charge is 0.508 e. The highest BCUT2D eigenvalue weighted by Crippen LogP contribution is 2.30. The van der Waals surface area contributed by atoms with E-state index in [0.717, 1.165) is 25.9 Å². The Morgan fingerprint density at radius 3 is 2.85 bits per heavy atom. The molecule has 3 N–H and O–H groups in total. The molecule has 0 spiro atoms. The van der Waals surface area contributed by atoms with E-state index in [1.165, 1.54) is 5.56 Å². The van der Waals surface area contributed by atoms with E-state index in [-0.39, 0.29) is 0 Å². The van der Waals surface area contributed by atoms with E-state index in [0.29, 0.717) is 34.7 Å². The van der Waals surface area contributed by atoms with Crippen LogP contribution in [0.2, 0.25) is 5.02 Å². The highest BCUT2D eigenvalue weighted by molar-refractivity contribution is 6.32. The Morgan fingerprint density at radius 1 is 1.35 bits per heavy atom. The first-order valence-corrected chi connectivity index (χ1v) is 8.98. The van der Waals surface area contributed by atoms with Crippen molar-refractivity contribution in [2.24, 2.45) is 5.11 Å². The Hall–Kier alpha value is -2.44. The maximum absolute atomic E-state index is 9.65. The van der Waals surface area contributed by atoms with Crippen LogP contribution in [0.1, 0.15) is 24.3 Å². The molecule has 0 saturated carbocycles. The lowest BCUT2D eigenvalue weighted by Gasteiger charge is -2.32. The van der Waals surface area contributed by atoms with Gasteiger partial charge in [-0.15, -0.1) is 0 Å². The number of halogens is 1. The third-order valence-corrected chi connectivity index (χ3v) is 4.90. The summed E-state index contributed by atoms with van der Waals surface area (Å²) in [5.74, 6) is 1.34. The predicted octanol–water partition coefficient (Wildman–Crippen LogP) is 4.60. The molecule has 0 atom stereocenters. The normalized spacial score (nSPS) is 16.4. The Kier molecular flexibility index (Phi) is 6.20. The van der Waals surface area contributed by atoms with Crippen LogP contribution in [0.15, 0.2) is 59.6 Å². The Labute approximate surface area is 158 Å². The first-order valence-electron chi connectivity index (χ1n) is 8.60. The van der Waals surface area contributed by atoms with Crippen molar-refractivity contribution < 1.29 is 5.11 Å². The van der Waals surface area contributed by atoms with Crippen molar-refractivity contribution in [2.75, 3.05) is 25.0 Å². The van der Waals surface area contributed by atoms with Gasteiger partial charge in [-0.05, 0) is 61.7 Å². The minimum absolute atomic E-state index is 0.322. The molecule has 26 heavy (non-hydrogen) atoms. The molecule has 1 aromatic heterocycles. The third-order valence-electron chi connectivity index (χ3n) is 4.59. The van der Waals surface area contributed by atoms with Crippen molar-refractivity contribution in [1.29, 1.82) is 5.53 Å². The summed E-state index contributed by atoms with van der Waals surface area (Å²) < 4.78 is 0. The van der Waals surface area contributed by atoms with Crippen LogP contribution < -0.4 is 5.32 Å². The lowest BCUT2D eigenvalue weighted by atomic mass is 9.89. The second-order valence-corrected chi connectivity index (χ2v) is 6.78. The second-order valence-electron chi connectivity index (χ2n) is 6.37. The number of rotatable bonds is 6. The average Bonchev–Trinajstić information content (AvgIpc) is 2.67. The summed E-state index contributed by atoms with van der Waals surface area (Å²) in [6.45, 7) is 2.46. The van der Waals surface area contributed by atoms with E-state index < -0.39 is 0 Å². The SMILES string of the molecule is N=N/C(=C\Nc1ncccc1Cl)CN1CCC(c2cccc(O)c2)CC1. The van der Waals surface area contributed by atoms with Crippen LogP contribution in [0.3, 0.4) is 0 Å². The van der Waals surface area contributed by atoms with E-state index >= 15 is 0 Å². The molecule has 3 rings (SSSR count). The molecule has 7 heteroatoms. The minimum Gasteiger partial charge on any atom is -0.508 e. The molecule has 0 amide bonds. The number of pyridine rings is 1. The molecular weight excluding hydrogens is 350 g/mol. The number of phenolic OH excluding ortho intramolecular Hbond substituents is 1. The molecule has 6 nitrogen and oxygen atoms in total. The van der Waals surface area contributed by atoms with E-state index in [1.807, 2.05) is 12.1 Å². The second kappa shape index (κ2) is 8.78. The number of piperidine rings is 1. The van der Waals surface area contributed by atoms with Gasteiger partial charge in [0.15, 0.2) is 0 Å². The fraction of sp³-hybridized carbons (Fsp3) is 0.316. The van der Waals surface area contributed by atoms with Crippen LogP contribution in [0.4, 0.5) is 5.82 Å². The van der Waals surface area contributed by atoms with E-state index in [2.05, 4.69) is 26.4 Å². The summed E-state index contributed by atoms with van der Waals surface area (Å²) in [5.41, 5.74) is 9.22. The van der Waals surface area contributed by atoms with Crippen LogP contribution >= 0.6 is 11.6 Å². The zero-order chi connectivity index (χ0) is 18.4. The van der Waals surface area contributed by atoms with Gasteiger partial charge in [0, 0.05) is 18.9 Å². The van der Waals surface area contributed by atoms with Gasteiger partial charge < -0.3 is 10.4 Å². The number of aromatic hydroxyl groups is 1. The van der Waals surface area contributed by atoms with Crippen LogP contribution in [-0.2, 0) is 0 Å². The monoisotopic (exact) mass is 371 g/mol. The van der Waals surface area contributed by atoms with Crippen molar-refractivity contribution >= 4 is 17.4 Å². The van der Waals surface area contributed by atoms with Gasteiger partial charge >= 0.3 is 0 Å². The molecule has 136 valence electrons. The minimum atomic E-state index is 0.322. The standard InChI is InChI=1S/C19H22ClN5O/c20-18-5-2-8-22-19(18)23-12-16(24-21)13-25-9-6-14(7-10-25)15-3-1-4-17(26)11-15/h1-5,8,11-12,14,21,26H,6-7,9-10,13H2,(H,22,23)/b16-12-,24-21?. The quantitative estimate of drug-likeness (QED) is 0.647. The van der Waals surface area contributed by atoms with Crippen LogP contribution in [0.25, 0.3) is 0 Å². The molecule has 1 saturated heterocycles. The van der Waals surface area contributed by atoms with E-state index in [1.54, 1.807) is 30.6 Å². The Morgan fingerprint density at radius 2 is 2.15 bits per heavy atom. The number of nitrogens with zero attached hydrogens (tertiary/aromatic N) is 3. The summed E-state index contributed by atoms with van der Waals surface area (Å²) >= 11 is 6.07. The van der Waals surface area contributed by atoms with Gasteiger partial charge in [-0.25, -0.2) is 10.5 Å². The van der Waals surface area contributed by atoms with Gasteiger partial charge in [-0.2, -0.15) is 5.11 Å². The number of likely N-dealkylation sites (tertiary alicyclic amines) is 1. The molecule has 2 aromatic rings. The van der Waals surface area contributed by atoms with Crippen molar-refractivity contribution in [3.05, 3.63) is 65.1 Å². The summed E-state index contributed by atoms with van der Waals surface area (Å²) in [4.78, 5) is 6.44. The summed E-state index contributed by atoms with van der Waals surface area (Å²) in [6, 6.07) is 11.0. The number of nitrogens with one attached hydrogen (secondary N) is 2. The van der Waals surface area contributed by atoms with Crippen molar-refractivity contribution in [2.45, 2.75) is 18.8 Å². The smallest absolute Gasteiger partial charge is 0.148 e. The average molecular weight is 372 g/mol. The predicted molar refractivity (Wildman–Crippen MR) is 103 cm³/mol. The van der Waals surface area contributed by atoms with Crippen LogP contribution in [0, 0.1) is 5.53 Å². The van der Waals surface area contributed by atoms with Gasteiger partial charge in [0.2, 0.25) is 0 Å². The molecule has 0 aliphatic carbocycles. The highest BCUT2D eigenvalue weighted by Gasteiger charge is 2.21. The number of anilines is 1. The first-order chi connectivity index (χ1) is 12.7. The Bertz CT molecular complexity index is 787. The van der Waals surface area contributed by atoms with Gasteiger partial charge in [-0.1, -0.05) is 23.7 Å². The summed E-state index contributed by atoms with van der Waals surface area (Å²) in [5, 5.41) is 16.8. The highest BCUT2D eigenvalue weighted by atomic mass is 35.5. The molecule has 1 aliphatic rings. The van der Waals surface area contributed by atoms with Gasteiger partial charge in [0.05, 0.1) is 10.7 Å². The molecule has 1 aliphatic heterocycles. The van der Waals surface area contributed by atoms with Crippen molar-refractivity contribution in [3.63, 3.8) is 0 Å². The van der Waals surface area contributed by atoms with Gasteiger partial charge in [0.1, 0.15) is 11.6 Å². The number of benzene rings is 1. The zero-order valence-corrected chi connectivity index (χ0v) is 15.2. The fourth-order valence-corrected chi connectivity index (χ4v) is 3.37. The lowest BCUT2D eigenvalue weighted by Crippen LogP contribution is -2.34. The number of aromatic nitrogens is 1. The Balaban J connectivity index is 1.55. The fourth-order valence-electron chi connectivity index (χ4n) is 3.19. The molecule has 0 bridgehead atoms. The molecule has 1 fully saturated rings. The summed E-state index contributed by atoms with van der Waals surface area (Å²) in [7, 11) is 0. The molecular formula is C19H22ClN5O. The number of phenols is 1. The molecule has 1 aromatic carbocycles.